The zero-order valence-electron chi connectivity index (χ0n) is 10.6. The topological polar surface area (TPSA) is 80.9 Å². The third kappa shape index (κ3) is 6.60. The summed E-state index contributed by atoms with van der Waals surface area (Å²) in [5.74, 6) is 5.95. The fourth-order valence-corrected chi connectivity index (χ4v) is 1.26. The number of ether oxygens (including phenoxy) is 2. The smallest absolute Gasteiger partial charge is 0.206 e. The van der Waals surface area contributed by atoms with Crippen LogP contribution in [0.3, 0.4) is 0 Å². The Balaban J connectivity index is 4.27. The molecule has 0 aromatic carbocycles. The van der Waals surface area contributed by atoms with E-state index in [0.29, 0.717) is 19.2 Å². The zero-order valence-corrected chi connectivity index (χ0v) is 10.6. The van der Waals surface area contributed by atoms with Crippen molar-refractivity contribution in [1.29, 1.82) is 0 Å². The van der Waals surface area contributed by atoms with Crippen LogP contribution in [0.4, 0.5) is 0 Å². The zero-order chi connectivity index (χ0) is 12.4. The lowest BCUT2D eigenvalue weighted by molar-refractivity contribution is 0.176. The van der Waals surface area contributed by atoms with E-state index in [-0.39, 0.29) is 12.1 Å². The highest BCUT2D eigenvalue weighted by molar-refractivity contribution is 5.79. The molecule has 2 atom stereocenters. The van der Waals surface area contributed by atoms with Gasteiger partial charge in [-0.05, 0) is 13.3 Å². The lowest BCUT2D eigenvalue weighted by Gasteiger charge is -2.17. The molecule has 0 spiro atoms. The molecule has 0 rings (SSSR count). The van der Waals surface area contributed by atoms with Gasteiger partial charge in [-0.2, -0.15) is 0 Å². The number of methoxy groups -OCH3 is 2. The summed E-state index contributed by atoms with van der Waals surface area (Å²) in [6.07, 6.45) is 0.902. The van der Waals surface area contributed by atoms with Crippen LogP contribution in [0.25, 0.3) is 0 Å². The SMILES string of the molecule is CCC(COC)N=C(NN)NC(C)COC. The second kappa shape index (κ2) is 9.38. The molecular formula is C10H24N4O2. The van der Waals surface area contributed by atoms with Gasteiger partial charge in [-0.15, -0.1) is 0 Å². The van der Waals surface area contributed by atoms with Crippen molar-refractivity contribution in [3.05, 3.63) is 0 Å². The first-order valence-electron chi connectivity index (χ1n) is 5.46. The van der Waals surface area contributed by atoms with Gasteiger partial charge >= 0.3 is 0 Å². The first-order valence-corrected chi connectivity index (χ1v) is 5.46. The van der Waals surface area contributed by atoms with Crippen LogP contribution in [0.5, 0.6) is 0 Å². The van der Waals surface area contributed by atoms with E-state index in [4.69, 9.17) is 15.3 Å². The van der Waals surface area contributed by atoms with Crippen LogP contribution in [0.15, 0.2) is 4.99 Å². The van der Waals surface area contributed by atoms with Crippen molar-refractivity contribution >= 4 is 5.96 Å². The van der Waals surface area contributed by atoms with Gasteiger partial charge in [-0.25, -0.2) is 10.8 Å². The molecule has 0 bridgehead atoms. The van der Waals surface area contributed by atoms with E-state index in [1.165, 1.54) is 0 Å². The summed E-state index contributed by atoms with van der Waals surface area (Å²) in [7, 11) is 3.32. The Bertz CT molecular complexity index is 199. The third-order valence-electron chi connectivity index (χ3n) is 2.08. The fourth-order valence-electron chi connectivity index (χ4n) is 1.26. The Morgan fingerprint density at radius 3 is 2.38 bits per heavy atom. The molecule has 2 unspecified atom stereocenters. The minimum Gasteiger partial charge on any atom is -0.383 e. The molecule has 96 valence electrons. The second-order valence-corrected chi connectivity index (χ2v) is 3.64. The summed E-state index contributed by atoms with van der Waals surface area (Å²) >= 11 is 0. The number of guanidine groups is 1. The first kappa shape index (κ1) is 15.2. The van der Waals surface area contributed by atoms with Crippen molar-refractivity contribution < 1.29 is 9.47 Å². The molecule has 0 aliphatic rings. The number of aliphatic imine (C=N–C) groups is 1. The van der Waals surface area contributed by atoms with Gasteiger partial charge in [0.15, 0.2) is 0 Å². The maximum absolute atomic E-state index is 5.39. The minimum absolute atomic E-state index is 0.110. The Morgan fingerprint density at radius 1 is 1.31 bits per heavy atom. The van der Waals surface area contributed by atoms with Gasteiger partial charge in [0.25, 0.3) is 0 Å². The van der Waals surface area contributed by atoms with Crippen LogP contribution in [0, 0.1) is 0 Å². The molecule has 0 aromatic rings. The van der Waals surface area contributed by atoms with Crippen LogP contribution >= 0.6 is 0 Å². The van der Waals surface area contributed by atoms with Gasteiger partial charge in [0.1, 0.15) is 0 Å². The molecule has 0 saturated heterocycles. The van der Waals surface area contributed by atoms with Crippen LogP contribution in [0.1, 0.15) is 20.3 Å². The van der Waals surface area contributed by atoms with Crippen LogP contribution in [-0.4, -0.2) is 45.5 Å². The largest absolute Gasteiger partial charge is 0.383 e. The number of hydrogen-bond acceptors (Lipinski definition) is 4. The number of nitrogens with one attached hydrogen (secondary N) is 2. The van der Waals surface area contributed by atoms with E-state index in [9.17, 15) is 0 Å². The van der Waals surface area contributed by atoms with Gasteiger partial charge in [-0.1, -0.05) is 6.92 Å². The van der Waals surface area contributed by atoms with E-state index in [1.807, 2.05) is 6.92 Å². The van der Waals surface area contributed by atoms with Gasteiger partial charge in [0, 0.05) is 20.3 Å². The third-order valence-corrected chi connectivity index (χ3v) is 2.08. The average Bonchev–Trinajstić information content (AvgIpc) is 2.27. The van der Waals surface area contributed by atoms with Crippen LogP contribution in [0.2, 0.25) is 0 Å². The lowest BCUT2D eigenvalue weighted by Crippen LogP contribution is -2.47. The van der Waals surface area contributed by atoms with Crippen molar-refractivity contribution in [2.45, 2.75) is 32.4 Å². The maximum Gasteiger partial charge on any atom is 0.206 e. The van der Waals surface area contributed by atoms with E-state index in [2.05, 4.69) is 22.7 Å². The number of hydrazine groups is 1. The van der Waals surface area contributed by atoms with Crippen molar-refractivity contribution in [3.8, 4) is 0 Å². The summed E-state index contributed by atoms with van der Waals surface area (Å²) in [6, 6.07) is 0.262. The molecular weight excluding hydrogens is 208 g/mol. The van der Waals surface area contributed by atoms with Gasteiger partial charge in [0.2, 0.25) is 5.96 Å². The molecule has 0 heterocycles. The fraction of sp³-hybridized carbons (Fsp3) is 0.900. The van der Waals surface area contributed by atoms with Gasteiger partial charge in [-0.3, -0.25) is 5.43 Å². The maximum atomic E-state index is 5.39. The molecule has 0 fully saturated rings. The molecule has 0 amide bonds. The molecule has 0 aliphatic carbocycles. The summed E-state index contributed by atoms with van der Waals surface area (Å²) in [6.45, 7) is 5.23. The summed E-state index contributed by atoms with van der Waals surface area (Å²) in [5.41, 5.74) is 2.54. The molecule has 16 heavy (non-hydrogen) atoms. The molecule has 0 aromatic heterocycles. The molecule has 0 aliphatic heterocycles. The first-order chi connectivity index (χ1) is 7.67. The minimum atomic E-state index is 0.110. The quantitative estimate of drug-likeness (QED) is 0.246. The summed E-state index contributed by atoms with van der Waals surface area (Å²) < 4.78 is 10.1. The van der Waals surface area contributed by atoms with E-state index in [1.54, 1.807) is 14.2 Å². The highest BCUT2D eigenvalue weighted by atomic mass is 16.5. The predicted octanol–water partition coefficient (Wildman–Crippen LogP) is -0.145. The van der Waals surface area contributed by atoms with Crippen LogP contribution < -0.4 is 16.6 Å². The summed E-state index contributed by atoms with van der Waals surface area (Å²) in [5, 5.41) is 3.12. The standard InChI is InChI=1S/C10H24N4O2/c1-5-9(7-16-4)13-10(14-11)12-8(2)6-15-3/h8-9H,5-7,11H2,1-4H3,(H2,12,13,14). The highest BCUT2D eigenvalue weighted by Gasteiger charge is 2.08. The molecule has 4 N–H and O–H groups in total. The number of hydrogen-bond donors (Lipinski definition) is 3. The van der Waals surface area contributed by atoms with Gasteiger partial charge < -0.3 is 14.8 Å². The van der Waals surface area contributed by atoms with Gasteiger partial charge in [0.05, 0.1) is 19.3 Å². The number of nitrogens with two attached hydrogens (primary N) is 1. The molecule has 6 heteroatoms. The normalized spacial score (nSPS) is 15.7. The Morgan fingerprint density at radius 2 is 1.94 bits per heavy atom. The Kier molecular flexibility index (Phi) is 8.88. The molecule has 0 saturated carbocycles. The molecule has 0 radical (unpaired) electrons. The van der Waals surface area contributed by atoms with Crippen molar-refractivity contribution in [2.75, 3.05) is 27.4 Å². The number of nitrogens with zero attached hydrogens (tertiary/aromatic N) is 1. The van der Waals surface area contributed by atoms with E-state index >= 15 is 0 Å². The highest BCUT2D eigenvalue weighted by Crippen LogP contribution is 1.97. The Hall–Kier alpha value is -0.850. The Labute approximate surface area is 97.6 Å². The van der Waals surface area contributed by atoms with E-state index in [0.717, 1.165) is 6.42 Å². The monoisotopic (exact) mass is 232 g/mol. The van der Waals surface area contributed by atoms with Crippen molar-refractivity contribution in [1.82, 2.24) is 10.7 Å². The second-order valence-electron chi connectivity index (χ2n) is 3.64. The molecule has 6 nitrogen and oxygen atoms in total. The van der Waals surface area contributed by atoms with E-state index < -0.39 is 0 Å². The van der Waals surface area contributed by atoms with Crippen LogP contribution in [-0.2, 0) is 9.47 Å². The predicted molar refractivity (Wildman–Crippen MR) is 65.2 cm³/mol. The number of rotatable bonds is 7. The lowest BCUT2D eigenvalue weighted by atomic mass is 10.2. The van der Waals surface area contributed by atoms with Crippen molar-refractivity contribution in [3.63, 3.8) is 0 Å². The summed E-state index contributed by atoms with van der Waals surface area (Å²) in [4.78, 5) is 4.41. The average molecular weight is 232 g/mol. The van der Waals surface area contributed by atoms with Crippen molar-refractivity contribution in [2.24, 2.45) is 10.8 Å².